The Balaban J connectivity index is 1.36. The third-order valence-electron chi connectivity index (χ3n) is 6.95. The SMILES string of the molecule is CC(C)OC(=O)CCCC=CC[C@@H]1[C@@H](C=CC(O)COc2ccccc2)[C@H]2C[C@@H]1OB(c1ccccc1)O2. The quantitative estimate of drug-likeness (QED) is 0.177. The van der Waals surface area contributed by atoms with Gasteiger partial charge in [-0.25, -0.2) is 0 Å². The molecule has 2 bridgehead atoms. The highest BCUT2D eigenvalue weighted by molar-refractivity contribution is 6.61. The smallest absolute Gasteiger partial charge is 0.491 e. The van der Waals surface area contributed by atoms with Crippen LogP contribution in [0.5, 0.6) is 5.75 Å². The van der Waals surface area contributed by atoms with Crippen molar-refractivity contribution < 1.29 is 28.7 Å². The first-order valence-electron chi connectivity index (χ1n) is 13.7. The van der Waals surface area contributed by atoms with Crippen molar-refractivity contribution in [3.8, 4) is 5.75 Å². The molecule has 0 radical (unpaired) electrons. The Morgan fingerprint density at radius 2 is 1.76 bits per heavy atom. The summed E-state index contributed by atoms with van der Waals surface area (Å²) in [6.07, 6.45) is 11.2. The fraction of sp³-hybridized carbons (Fsp3) is 0.452. The third kappa shape index (κ3) is 8.32. The highest BCUT2D eigenvalue weighted by atomic mass is 16.6. The molecule has 7 heteroatoms. The van der Waals surface area contributed by atoms with Gasteiger partial charge in [-0.05, 0) is 63.0 Å². The zero-order chi connectivity index (χ0) is 26.7. The largest absolute Gasteiger partial charge is 0.494 e. The second kappa shape index (κ2) is 14.3. The van der Waals surface area contributed by atoms with Crippen molar-refractivity contribution in [2.75, 3.05) is 6.61 Å². The average molecular weight is 518 g/mol. The van der Waals surface area contributed by atoms with Gasteiger partial charge < -0.3 is 23.9 Å². The Morgan fingerprint density at radius 3 is 2.50 bits per heavy atom. The van der Waals surface area contributed by atoms with Gasteiger partial charge >= 0.3 is 13.1 Å². The van der Waals surface area contributed by atoms with E-state index in [0.717, 1.165) is 36.9 Å². The monoisotopic (exact) mass is 518 g/mol. The van der Waals surface area contributed by atoms with Crippen LogP contribution in [-0.4, -0.2) is 49.2 Å². The van der Waals surface area contributed by atoms with Crippen LogP contribution in [0.3, 0.4) is 0 Å². The maximum absolute atomic E-state index is 11.8. The molecule has 6 nitrogen and oxygen atoms in total. The number of unbranched alkanes of at least 4 members (excludes halogenated alkanes) is 1. The van der Waals surface area contributed by atoms with Crippen molar-refractivity contribution in [2.24, 2.45) is 11.8 Å². The minimum Gasteiger partial charge on any atom is -0.491 e. The van der Waals surface area contributed by atoms with E-state index in [1.807, 2.05) is 80.6 Å². The molecule has 1 heterocycles. The van der Waals surface area contributed by atoms with E-state index in [1.54, 1.807) is 0 Å². The molecule has 202 valence electrons. The fourth-order valence-corrected chi connectivity index (χ4v) is 5.15. The van der Waals surface area contributed by atoms with Crippen LogP contribution in [0.1, 0.15) is 46.0 Å². The zero-order valence-corrected chi connectivity index (χ0v) is 22.4. The number of hydrogen-bond donors (Lipinski definition) is 1. The summed E-state index contributed by atoms with van der Waals surface area (Å²) < 4.78 is 23.7. The van der Waals surface area contributed by atoms with Crippen LogP contribution >= 0.6 is 0 Å². The van der Waals surface area contributed by atoms with Gasteiger partial charge in [-0.1, -0.05) is 72.8 Å². The van der Waals surface area contributed by atoms with Crippen LogP contribution < -0.4 is 10.2 Å². The summed E-state index contributed by atoms with van der Waals surface area (Å²) >= 11 is 0. The van der Waals surface area contributed by atoms with Crippen molar-refractivity contribution in [1.29, 1.82) is 0 Å². The second-order valence-corrected chi connectivity index (χ2v) is 10.3. The lowest BCUT2D eigenvalue weighted by Crippen LogP contribution is -2.45. The van der Waals surface area contributed by atoms with Gasteiger partial charge in [0, 0.05) is 18.4 Å². The number of para-hydroxylation sites is 1. The molecule has 0 spiro atoms. The maximum Gasteiger partial charge on any atom is 0.494 e. The summed E-state index contributed by atoms with van der Waals surface area (Å²) in [4.78, 5) is 11.8. The van der Waals surface area contributed by atoms with Crippen molar-refractivity contribution in [1.82, 2.24) is 0 Å². The number of hydrogen-bond acceptors (Lipinski definition) is 6. The molecular weight excluding hydrogens is 479 g/mol. The summed E-state index contributed by atoms with van der Waals surface area (Å²) in [7, 11) is -0.386. The topological polar surface area (TPSA) is 74.2 Å². The molecule has 2 aromatic carbocycles. The van der Waals surface area contributed by atoms with Gasteiger partial charge in [-0.15, -0.1) is 0 Å². The first-order chi connectivity index (χ1) is 18.5. The predicted molar refractivity (Wildman–Crippen MR) is 149 cm³/mol. The van der Waals surface area contributed by atoms with Crippen LogP contribution in [-0.2, 0) is 18.8 Å². The van der Waals surface area contributed by atoms with Gasteiger partial charge in [-0.2, -0.15) is 0 Å². The molecule has 2 aliphatic rings. The first-order valence-corrected chi connectivity index (χ1v) is 13.7. The van der Waals surface area contributed by atoms with Crippen molar-refractivity contribution in [2.45, 2.75) is 70.4 Å². The van der Waals surface area contributed by atoms with Crippen LogP contribution in [0, 0.1) is 11.8 Å². The fourth-order valence-electron chi connectivity index (χ4n) is 5.15. The average Bonchev–Trinajstić information content (AvgIpc) is 3.16. The Hall–Kier alpha value is -2.87. The first kappa shape index (κ1) is 28.2. The lowest BCUT2D eigenvalue weighted by molar-refractivity contribution is -0.147. The Morgan fingerprint density at radius 1 is 1.05 bits per heavy atom. The Bertz CT molecular complexity index is 1040. The van der Waals surface area contributed by atoms with E-state index in [-0.39, 0.29) is 49.8 Å². The highest BCUT2D eigenvalue weighted by Gasteiger charge is 2.50. The van der Waals surface area contributed by atoms with Gasteiger partial charge in [0.1, 0.15) is 18.5 Å². The van der Waals surface area contributed by atoms with Crippen molar-refractivity contribution >= 4 is 18.6 Å². The number of carbonyl (C=O) groups is 1. The number of carbonyl (C=O) groups excluding carboxylic acids is 1. The van der Waals surface area contributed by atoms with Gasteiger partial charge in [-0.3, -0.25) is 4.79 Å². The molecular formula is C31H39BO6. The third-order valence-corrected chi connectivity index (χ3v) is 6.95. The second-order valence-electron chi connectivity index (χ2n) is 10.3. The molecule has 1 saturated heterocycles. The van der Waals surface area contributed by atoms with E-state index in [9.17, 15) is 9.90 Å². The molecule has 1 aliphatic carbocycles. The Kier molecular flexibility index (Phi) is 10.6. The number of esters is 1. The number of allylic oxidation sites excluding steroid dienone is 2. The highest BCUT2D eigenvalue weighted by Crippen LogP contribution is 2.43. The number of fused-ring (bicyclic) bond motifs is 2. The molecule has 4 rings (SSSR count). The lowest BCUT2D eigenvalue weighted by atomic mass is 9.77. The van der Waals surface area contributed by atoms with E-state index in [1.165, 1.54) is 0 Å². The molecule has 0 amide bonds. The molecule has 1 N–H and O–H groups in total. The summed E-state index contributed by atoms with van der Waals surface area (Å²) in [5, 5.41) is 10.6. The summed E-state index contributed by atoms with van der Waals surface area (Å²) in [6.45, 7) is 3.92. The minimum atomic E-state index is -0.719. The number of aliphatic hydroxyl groups excluding tert-OH is 1. The molecule has 2 aromatic rings. The van der Waals surface area contributed by atoms with Gasteiger partial charge in [0.15, 0.2) is 0 Å². The van der Waals surface area contributed by atoms with Gasteiger partial charge in [0.2, 0.25) is 0 Å². The summed E-state index contributed by atoms with van der Waals surface area (Å²) in [5.74, 6) is 0.940. The summed E-state index contributed by atoms with van der Waals surface area (Å²) in [5.41, 5.74) is 1.02. The predicted octanol–water partition coefficient (Wildman–Crippen LogP) is 4.87. The molecule has 38 heavy (non-hydrogen) atoms. The van der Waals surface area contributed by atoms with Gasteiger partial charge in [0.05, 0.1) is 12.2 Å². The molecule has 5 atom stereocenters. The Labute approximate surface area is 226 Å². The molecule has 0 aromatic heterocycles. The molecule has 1 saturated carbocycles. The van der Waals surface area contributed by atoms with E-state index in [4.69, 9.17) is 18.8 Å². The van der Waals surface area contributed by atoms with Gasteiger partial charge in [0.25, 0.3) is 0 Å². The van der Waals surface area contributed by atoms with Crippen LogP contribution in [0.25, 0.3) is 0 Å². The number of aliphatic hydroxyl groups is 1. The molecule has 2 fully saturated rings. The number of ether oxygens (including phenoxy) is 2. The minimum absolute atomic E-state index is 0.0154. The normalized spacial score (nSPS) is 23.8. The van der Waals surface area contributed by atoms with Crippen LogP contribution in [0.2, 0.25) is 0 Å². The summed E-state index contributed by atoms with van der Waals surface area (Å²) in [6, 6.07) is 19.5. The van der Waals surface area contributed by atoms with Crippen molar-refractivity contribution in [3.63, 3.8) is 0 Å². The maximum atomic E-state index is 11.8. The van der Waals surface area contributed by atoms with Crippen molar-refractivity contribution in [3.05, 3.63) is 85.0 Å². The van der Waals surface area contributed by atoms with Crippen LogP contribution in [0.15, 0.2) is 85.0 Å². The number of benzene rings is 2. The van der Waals surface area contributed by atoms with Crippen LogP contribution in [0.4, 0.5) is 0 Å². The van der Waals surface area contributed by atoms with E-state index >= 15 is 0 Å². The standard InChI is InChI=1S/C31H39BO6/c1-23(2)36-31(34)18-12-4-3-11-17-27-28(20-19-25(33)22-35-26-15-9-6-10-16-26)30-21-29(27)37-32(38-30)24-13-7-5-8-14-24/h3,5-11,13-16,19-20,23,25,27-30,33H,4,12,17-18,21-22H2,1-2H3/t25?,27-,28-,29+,30-/m1/s1. The van der Waals surface area contributed by atoms with E-state index in [2.05, 4.69) is 18.2 Å². The molecule has 1 aliphatic heterocycles. The number of rotatable bonds is 13. The lowest BCUT2D eigenvalue weighted by Gasteiger charge is -2.28. The zero-order valence-electron chi connectivity index (χ0n) is 22.4. The van der Waals surface area contributed by atoms with E-state index < -0.39 is 6.10 Å². The van der Waals surface area contributed by atoms with E-state index in [0.29, 0.717) is 6.42 Å². The molecule has 1 unspecified atom stereocenters.